The molecule has 1 aromatic carbocycles. The van der Waals surface area contributed by atoms with Gasteiger partial charge in [-0.3, -0.25) is 9.59 Å². The molecule has 0 radical (unpaired) electrons. The number of nitrogens with zero attached hydrogens (tertiary/aromatic N) is 2. The molecule has 7 nitrogen and oxygen atoms in total. The molecule has 0 bridgehead atoms. The van der Waals surface area contributed by atoms with Crippen molar-refractivity contribution in [3.8, 4) is 5.75 Å². The Balaban J connectivity index is 1.57. The topological polar surface area (TPSA) is 97.5 Å². The van der Waals surface area contributed by atoms with Crippen LogP contribution in [-0.2, 0) is 15.0 Å². The van der Waals surface area contributed by atoms with E-state index in [1.54, 1.807) is 30.2 Å². The number of benzene rings is 1. The van der Waals surface area contributed by atoms with E-state index in [-0.39, 0.29) is 11.8 Å². The first-order valence-electron chi connectivity index (χ1n) is 10.5. The zero-order chi connectivity index (χ0) is 21.1. The quantitative estimate of drug-likeness (QED) is 0.792. The Labute approximate surface area is 176 Å². The molecule has 2 aliphatic rings. The van der Waals surface area contributed by atoms with E-state index in [1.807, 2.05) is 24.3 Å². The van der Waals surface area contributed by atoms with Crippen LogP contribution in [0.4, 0.5) is 11.6 Å². The van der Waals surface area contributed by atoms with Gasteiger partial charge in [0.2, 0.25) is 11.8 Å². The number of methoxy groups -OCH3 is 1. The van der Waals surface area contributed by atoms with Crippen molar-refractivity contribution in [3.63, 3.8) is 0 Å². The van der Waals surface area contributed by atoms with E-state index in [2.05, 4.69) is 10.3 Å². The summed E-state index contributed by atoms with van der Waals surface area (Å²) in [6, 6.07) is 12.4. The summed E-state index contributed by atoms with van der Waals surface area (Å²) < 4.78 is 5.28. The molecule has 2 heterocycles. The van der Waals surface area contributed by atoms with Crippen molar-refractivity contribution in [1.29, 1.82) is 0 Å². The summed E-state index contributed by atoms with van der Waals surface area (Å²) in [6.07, 6.45) is 5.09. The van der Waals surface area contributed by atoms with Crippen molar-refractivity contribution >= 4 is 23.5 Å². The minimum absolute atomic E-state index is 0.0587. The smallest absolute Gasteiger partial charge is 0.248 e. The highest BCUT2D eigenvalue weighted by Crippen LogP contribution is 2.44. The molecule has 1 saturated heterocycles. The van der Waals surface area contributed by atoms with E-state index < -0.39 is 11.5 Å². The first-order valence-corrected chi connectivity index (χ1v) is 10.5. The van der Waals surface area contributed by atoms with Gasteiger partial charge < -0.3 is 20.7 Å². The summed E-state index contributed by atoms with van der Waals surface area (Å²) in [6.45, 7) is 0.596. The lowest BCUT2D eigenvalue weighted by Gasteiger charge is -2.35. The lowest BCUT2D eigenvalue weighted by Crippen LogP contribution is -2.51. The zero-order valence-electron chi connectivity index (χ0n) is 17.3. The number of aromatic nitrogens is 1. The Morgan fingerprint density at radius 2 is 1.87 bits per heavy atom. The van der Waals surface area contributed by atoms with Crippen LogP contribution in [0.1, 0.15) is 44.1 Å². The molecule has 2 amide bonds. The first-order chi connectivity index (χ1) is 14.5. The van der Waals surface area contributed by atoms with Crippen LogP contribution in [0.25, 0.3) is 0 Å². The second-order valence-corrected chi connectivity index (χ2v) is 8.11. The van der Waals surface area contributed by atoms with E-state index in [4.69, 9.17) is 10.5 Å². The maximum Gasteiger partial charge on any atom is 0.248 e. The van der Waals surface area contributed by atoms with E-state index in [0.717, 1.165) is 43.4 Å². The Morgan fingerprint density at radius 1 is 1.13 bits per heavy atom. The standard InChI is InChI=1S/C23H28N4O3/c1-30-17-11-9-16(10-12-17)23(13-2-3-14-23)22(29)27-15-5-6-18(27)21(28)26-20-8-4-7-19(24)25-20/h4,7-12,18H,2-3,5-6,13-15H2,1H3,(H3,24,25,26,28)/t18-/m1/s1. The average Bonchev–Trinajstić information content (AvgIpc) is 3.44. The highest BCUT2D eigenvalue weighted by atomic mass is 16.5. The molecule has 1 aromatic heterocycles. The number of carbonyl (C=O) groups is 2. The number of pyridine rings is 1. The molecule has 1 aliphatic heterocycles. The number of hydrogen-bond acceptors (Lipinski definition) is 5. The van der Waals surface area contributed by atoms with Crippen molar-refractivity contribution in [1.82, 2.24) is 9.88 Å². The molecule has 7 heteroatoms. The van der Waals surface area contributed by atoms with Gasteiger partial charge in [0.15, 0.2) is 0 Å². The van der Waals surface area contributed by atoms with Gasteiger partial charge in [0, 0.05) is 6.54 Å². The summed E-state index contributed by atoms with van der Waals surface area (Å²) in [5, 5.41) is 2.83. The number of hydrogen-bond donors (Lipinski definition) is 2. The fraction of sp³-hybridized carbons (Fsp3) is 0.435. The van der Waals surface area contributed by atoms with Gasteiger partial charge in [0.1, 0.15) is 23.4 Å². The first kappa shape index (κ1) is 20.2. The van der Waals surface area contributed by atoms with Crippen LogP contribution < -0.4 is 15.8 Å². The van der Waals surface area contributed by atoms with Crippen LogP contribution in [0, 0.1) is 0 Å². The number of rotatable bonds is 5. The Morgan fingerprint density at radius 3 is 2.53 bits per heavy atom. The molecular formula is C23H28N4O3. The molecular weight excluding hydrogens is 380 g/mol. The Bertz CT molecular complexity index is 922. The summed E-state index contributed by atoms with van der Waals surface area (Å²) in [5.41, 5.74) is 6.16. The number of nitrogens with two attached hydrogens (primary N) is 1. The second-order valence-electron chi connectivity index (χ2n) is 8.11. The Kier molecular flexibility index (Phi) is 5.61. The number of carbonyl (C=O) groups excluding carboxylic acids is 2. The fourth-order valence-electron chi connectivity index (χ4n) is 4.80. The summed E-state index contributed by atoms with van der Waals surface area (Å²) in [5.74, 6) is 1.37. The van der Waals surface area contributed by atoms with Crippen LogP contribution in [0.2, 0.25) is 0 Å². The van der Waals surface area contributed by atoms with Gasteiger partial charge in [-0.05, 0) is 55.5 Å². The van der Waals surface area contributed by atoms with Crippen LogP contribution in [0.5, 0.6) is 5.75 Å². The third-order valence-corrected chi connectivity index (χ3v) is 6.35. The fourth-order valence-corrected chi connectivity index (χ4v) is 4.80. The number of nitrogen functional groups attached to an aromatic ring is 1. The normalized spacial score (nSPS) is 20.2. The largest absolute Gasteiger partial charge is 0.497 e. The summed E-state index contributed by atoms with van der Waals surface area (Å²) in [7, 11) is 1.63. The number of nitrogens with one attached hydrogen (secondary N) is 1. The number of anilines is 2. The van der Waals surface area contributed by atoms with Gasteiger partial charge in [-0.25, -0.2) is 4.98 Å². The third kappa shape index (κ3) is 3.72. The summed E-state index contributed by atoms with van der Waals surface area (Å²) in [4.78, 5) is 32.7. The molecule has 30 heavy (non-hydrogen) atoms. The molecule has 158 valence electrons. The highest BCUT2D eigenvalue weighted by Gasteiger charge is 2.48. The van der Waals surface area contributed by atoms with Crippen molar-refractivity contribution in [2.24, 2.45) is 0 Å². The van der Waals surface area contributed by atoms with Gasteiger partial charge in [-0.1, -0.05) is 31.0 Å². The van der Waals surface area contributed by atoms with Crippen molar-refractivity contribution < 1.29 is 14.3 Å². The van der Waals surface area contributed by atoms with Crippen LogP contribution in [-0.4, -0.2) is 41.4 Å². The SMILES string of the molecule is COc1ccc(C2(C(=O)N3CCC[C@@H]3C(=O)Nc3cccc(N)n3)CCCC2)cc1. The minimum atomic E-state index is -0.565. The monoisotopic (exact) mass is 408 g/mol. The highest BCUT2D eigenvalue weighted by molar-refractivity contribution is 5.99. The number of ether oxygens (including phenoxy) is 1. The van der Waals surface area contributed by atoms with Crippen LogP contribution in [0.15, 0.2) is 42.5 Å². The van der Waals surface area contributed by atoms with E-state index >= 15 is 0 Å². The predicted octanol–water partition coefficient (Wildman–Crippen LogP) is 3.11. The molecule has 3 N–H and O–H groups in total. The third-order valence-electron chi connectivity index (χ3n) is 6.35. The van der Waals surface area contributed by atoms with Crippen molar-refractivity contribution in [2.45, 2.75) is 50.0 Å². The van der Waals surface area contributed by atoms with Gasteiger partial charge in [0.05, 0.1) is 12.5 Å². The minimum Gasteiger partial charge on any atom is -0.497 e. The maximum absolute atomic E-state index is 13.8. The van der Waals surface area contributed by atoms with E-state index in [1.165, 1.54) is 0 Å². The lowest BCUT2D eigenvalue weighted by molar-refractivity contribution is -0.141. The van der Waals surface area contributed by atoms with Crippen molar-refractivity contribution in [3.05, 3.63) is 48.0 Å². The molecule has 1 atom stereocenters. The van der Waals surface area contributed by atoms with Crippen LogP contribution >= 0.6 is 0 Å². The molecule has 2 fully saturated rings. The van der Waals surface area contributed by atoms with Gasteiger partial charge >= 0.3 is 0 Å². The maximum atomic E-state index is 13.8. The molecule has 1 aliphatic carbocycles. The predicted molar refractivity (Wildman–Crippen MR) is 115 cm³/mol. The molecule has 4 rings (SSSR count). The van der Waals surface area contributed by atoms with E-state index in [0.29, 0.717) is 24.6 Å². The van der Waals surface area contributed by atoms with Gasteiger partial charge in [-0.15, -0.1) is 0 Å². The molecule has 0 spiro atoms. The number of amides is 2. The molecule has 0 unspecified atom stereocenters. The second kappa shape index (κ2) is 8.34. The zero-order valence-corrected chi connectivity index (χ0v) is 17.3. The Hall–Kier alpha value is -3.09. The average molecular weight is 409 g/mol. The lowest BCUT2D eigenvalue weighted by atomic mass is 9.77. The molecule has 2 aromatic rings. The van der Waals surface area contributed by atoms with Crippen molar-refractivity contribution in [2.75, 3.05) is 24.7 Å². The van der Waals surface area contributed by atoms with Crippen LogP contribution in [0.3, 0.4) is 0 Å². The summed E-state index contributed by atoms with van der Waals surface area (Å²) >= 11 is 0. The van der Waals surface area contributed by atoms with E-state index in [9.17, 15) is 9.59 Å². The molecule has 1 saturated carbocycles. The number of likely N-dealkylation sites (tertiary alicyclic amines) is 1. The van der Waals surface area contributed by atoms with Gasteiger partial charge in [0.25, 0.3) is 0 Å². The van der Waals surface area contributed by atoms with Gasteiger partial charge in [-0.2, -0.15) is 0 Å².